The Morgan fingerprint density at radius 1 is 1.24 bits per heavy atom. The van der Waals surface area contributed by atoms with E-state index in [0.717, 1.165) is 6.61 Å². The number of nitrogens with two attached hydrogens (primary N) is 1. The highest BCUT2D eigenvalue weighted by Gasteiger charge is 2.15. The summed E-state index contributed by atoms with van der Waals surface area (Å²) in [5.74, 6) is 0.444. The summed E-state index contributed by atoms with van der Waals surface area (Å²) in [6.45, 7) is 3.61. The second kappa shape index (κ2) is 6.18. The van der Waals surface area contributed by atoms with Crippen LogP contribution in [0.2, 0.25) is 0 Å². The maximum Gasteiger partial charge on any atom is 0.0720 e. The molecular weight excluding hydrogens is 210 g/mol. The van der Waals surface area contributed by atoms with Gasteiger partial charge in [-0.05, 0) is 36.4 Å². The Morgan fingerprint density at radius 2 is 1.88 bits per heavy atom. The predicted molar refractivity (Wildman–Crippen MR) is 71.0 cm³/mol. The summed E-state index contributed by atoms with van der Waals surface area (Å²) in [5.41, 5.74) is 8.24. The highest BCUT2D eigenvalue weighted by molar-refractivity contribution is 5.24. The van der Waals surface area contributed by atoms with Crippen LogP contribution in [0.25, 0.3) is 0 Å². The Balaban J connectivity index is 1.84. The third-order valence-corrected chi connectivity index (χ3v) is 3.69. The van der Waals surface area contributed by atoms with Crippen molar-refractivity contribution in [3.63, 3.8) is 0 Å². The van der Waals surface area contributed by atoms with Gasteiger partial charge in [-0.3, -0.25) is 0 Å². The van der Waals surface area contributed by atoms with E-state index in [1.165, 1.54) is 36.8 Å². The number of rotatable bonds is 5. The molecule has 1 aliphatic rings. The Morgan fingerprint density at radius 3 is 2.47 bits per heavy atom. The lowest BCUT2D eigenvalue weighted by atomic mass is 10.0. The maximum absolute atomic E-state index is 5.89. The summed E-state index contributed by atoms with van der Waals surface area (Å²) in [6, 6.07) is 8.67. The molecule has 0 aromatic heterocycles. The van der Waals surface area contributed by atoms with Gasteiger partial charge in [-0.2, -0.15) is 0 Å². The SMILES string of the molecule is CC(CN)c1ccc(COC2CCCC2)cc1. The molecule has 0 saturated heterocycles. The Kier molecular flexibility index (Phi) is 4.57. The van der Waals surface area contributed by atoms with Gasteiger partial charge in [-0.1, -0.05) is 44.0 Å². The Hall–Kier alpha value is -0.860. The van der Waals surface area contributed by atoms with Crippen LogP contribution in [-0.2, 0) is 11.3 Å². The molecule has 2 nitrogen and oxygen atoms in total. The monoisotopic (exact) mass is 233 g/mol. The molecule has 1 aromatic rings. The van der Waals surface area contributed by atoms with E-state index in [4.69, 9.17) is 10.5 Å². The minimum atomic E-state index is 0.444. The predicted octanol–water partition coefficient (Wildman–Crippen LogP) is 3.21. The second-order valence-electron chi connectivity index (χ2n) is 5.10. The van der Waals surface area contributed by atoms with Crippen molar-refractivity contribution in [1.82, 2.24) is 0 Å². The summed E-state index contributed by atoms with van der Waals surface area (Å²) in [5, 5.41) is 0. The molecule has 2 heteroatoms. The average molecular weight is 233 g/mol. The third kappa shape index (κ3) is 3.55. The van der Waals surface area contributed by atoms with Crippen molar-refractivity contribution in [2.45, 2.75) is 51.2 Å². The van der Waals surface area contributed by atoms with Gasteiger partial charge in [0.15, 0.2) is 0 Å². The van der Waals surface area contributed by atoms with Gasteiger partial charge in [-0.25, -0.2) is 0 Å². The quantitative estimate of drug-likeness (QED) is 0.847. The van der Waals surface area contributed by atoms with Crippen LogP contribution in [0.5, 0.6) is 0 Å². The zero-order valence-electron chi connectivity index (χ0n) is 10.7. The van der Waals surface area contributed by atoms with E-state index in [2.05, 4.69) is 31.2 Å². The molecule has 1 saturated carbocycles. The molecule has 1 atom stereocenters. The zero-order chi connectivity index (χ0) is 12.1. The normalized spacial score (nSPS) is 18.5. The molecule has 17 heavy (non-hydrogen) atoms. The molecule has 0 bridgehead atoms. The molecule has 0 spiro atoms. The van der Waals surface area contributed by atoms with E-state index in [9.17, 15) is 0 Å². The van der Waals surface area contributed by atoms with Crippen molar-refractivity contribution in [2.75, 3.05) is 6.54 Å². The molecule has 1 aliphatic carbocycles. The van der Waals surface area contributed by atoms with Crippen LogP contribution in [0.1, 0.15) is 49.7 Å². The lowest BCUT2D eigenvalue weighted by Crippen LogP contribution is -2.09. The van der Waals surface area contributed by atoms with Crippen LogP contribution in [0, 0.1) is 0 Å². The second-order valence-corrected chi connectivity index (χ2v) is 5.10. The standard InChI is InChI=1S/C15H23NO/c1-12(10-16)14-8-6-13(7-9-14)11-17-15-4-2-3-5-15/h6-9,12,15H,2-5,10-11,16H2,1H3. The van der Waals surface area contributed by atoms with Gasteiger partial charge in [0.05, 0.1) is 12.7 Å². The number of hydrogen-bond donors (Lipinski definition) is 1. The largest absolute Gasteiger partial charge is 0.374 e. The molecular formula is C15H23NO. The van der Waals surface area contributed by atoms with Gasteiger partial charge in [-0.15, -0.1) is 0 Å². The van der Waals surface area contributed by atoms with Crippen LogP contribution in [0.3, 0.4) is 0 Å². The fourth-order valence-corrected chi connectivity index (χ4v) is 2.35. The molecule has 2 N–H and O–H groups in total. The highest BCUT2D eigenvalue weighted by Crippen LogP contribution is 2.22. The summed E-state index contributed by atoms with van der Waals surface area (Å²) in [7, 11) is 0. The summed E-state index contributed by atoms with van der Waals surface area (Å²) in [4.78, 5) is 0. The van der Waals surface area contributed by atoms with E-state index < -0.39 is 0 Å². The van der Waals surface area contributed by atoms with Crippen LogP contribution in [-0.4, -0.2) is 12.6 Å². The van der Waals surface area contributed by atoms with Gasteiger partial charge in [0.1, 0.15) is 0 Å². The molecule has 2 rings (SSSR count). The van der Waals surface area contributed by atoms with Gasteiger partial charge in [0.25, 0.3) is 0 Å². The molecule has 0 amide bonds. The minimum Gasteiger partial charge on any atom is -0.374 e. The number of hydrogen-bond acceptors (Lipinski definition) is 2. The summed E-state index contributed by atoms with van der Waals surface area (Å²) < 4.78 is 5.89. The fraction of sp³-hybridized carbons (Fsp3) is 0.600. The topological polar surface area (TPSA) is 35.2 Å². The van der Waals surface area contributed by atoms with Crippen molar-refractivity contribution < 1.29 is 4.74 Å². The molecule has 1 unspecified atom stereocenters. The van der Waals surface area contributed by atoms with Crippen LogP contribution in [0.4, 0.5) is 0 Å². The molecule has 1 aromatic carbocycles. The smallest absolute Gasteiger partial charge is 0.0720 e. The summed E-state index contributed by atoms with van der Waals surface area (Å²) >= 11 is 0. The summed E-state index contributed by atoms with van der Waals surface area (Å²) in [6.07, 6.45) is 5.64. The zero-order valence-corrected chi connectivity index (χ0v) is 10.7. The van der Waals surface area contributed by atoms with E-state index in [0.29, 0.717) is 18.6 Å². The minimum absolute atomic E-state index is 0.444. The molecule has 1 fully saturated rings. The van der Waals surface area contributed by atoms with E-state index >= 15 is 0 Å². The van der Waals surface area contributed by atoms with Gasteiger partial charge in [0.2, 0.25) is 0 Å². The van der Waals surface area contributed by atoms with E-state index in [-0.39, 0.29) is 0 Å². The van der Waals surface area contributed by atoms with Crippen LogP contribution >= 0.6 is 0 Å². The van der Waals surface area contributed by atoms with Gasteiger partial charge < -0.3 is 10.5 Å². The number of benzene rings is 1. The Labute approximate surface area is 104 Å². The lowest BCUT2D eigenvalue weighted by molar-refractivity contribution is 0.0457. The maximum atomic E-state index is 5.89. The van der Waals surface area contributed by atoms with Crippen molar-refractivity contribution in [2.24, 2.45) is 5.73 Å². The van der Waals surface area contributed by atoms with Crippen molar-refractivity contribution in [3.8, 4) is 0 Å². The fourth-order valence-electron chi connectivity index (χ4n) is 2.35. The third-order valence-electron chi connectivity index (χ3n) is 3.69. The first-order valence-electron chi connectivity index (χ1n) is 6.70. The number of ether oxygens (including phenoxy) is 1. The lowest BCUT2D eigenvalue weighted by Gasteiger charge is -2.12. The van der Waals surface area contributed by atoms with Gasteiger partial charge >= 0.3 is 0 Å². The highest BCUT2D eigenvalue weighted by atomic mass is 16.5. The molecule has 0 heterocycles. The first-order valence-corrected chi connectivity index (χ1v) is 6.70. The van der Waals surface area contributed by atoms with Crippen LogP contribution < -0.4 is 5.73 Å². The van der Waals surface area contributed by atoms with E-state index in [1.54, 1.807) is 0 Å². The first kappa shape index (κ1) is 12.6. The van der Waals surface area contributed by atoms with E-state index in [1.807, 2.05) is 0 Å². The van der Waals surface area contributed by atoms with Crippen molar-refractivity contribution >= 4 is 0 Å². The van der Waals surface area contributed by atoms with Crippen molar-refractivity contribution in [3.05, 3.63) is 35.4 Å². The molecule has 94 valence electrons. The van der Waals surface area contributed by atoms with Crippen LogP contribution in [0.15, 0.2) is 24.3 Å². The Bertz CT molecular complexity index is 327. The molecule has 0 radical (unpaired) electrons. The molecule has 0 aliphatic heterocycles. The first-order chi connectivity index (χ1) is 8.29. The average Bonchev–Trinajstić information content (AvgIpc) is 2.89. The van der Waals surface area contributed by atoms with Crippen molar-refractivity contribution in [1.29, 1.82) is 0 Å². The van der Waals surface area contributed by atoms with Gasteiger partial charge in [0, 0.05) is 0 Å².